The SMILES string of the molecule is CCCCCCCCCCCCCCCC=CC(=O)[O-].CCCCCCCCCCCCCCCC=CC(=O)[O-].CCCCCCCCCCCCCCCC=CC(=O)[O-].CCCCCCCCCCCCCCCC=CC(=O)[O-].[Sn+4]. The maximum absolute atomic E-state index is 10.1. The van der Waals surface area contributed by atoms with Crippen molar-refractivity contribution in [2.45, 2.75) is 387 Å². The summed E-state index contributed by atoms with van der Waals surface area (Å²) in [6, 6.07) is 0. The zero-order valence-electron chi connectivity index (χ0n) is 54.0. The molecule has 0 saturated carbocycles. The second-order valence-electron chi connectivity index (χ2n) is 23.0. The minimum absolute atomic E-state index is 0. The summed E-state index contributed by atoms with van der Waals surface area (Å²) in [4.78, 5) is 40.5. The third-order valence-electron chi connectivity index (χ3n) is 14.9. The van der Waals surface area contributed by atoms with E-state index in [0.717, 1.165) is 75.7 Å². The van der Waals surface area contributed by atoms with Crippen molar-refractivity contribution in [2.24, 2.45) is 0 Å². The van der Waals surface area contributed by atoms with Crippen LogP contribution < -0.4 is 20.4 Å². The van der Waals surface area contributed by atoms with Crippen molar-refractivity contribution in [3.63, 3.8) is 0 Å². The normalized spacial score (nSPS) is 11.1. The van der Waals surface area contributed by atoms with Gasteiger partial charge in [0.1, 0.15) is 0 Å². The second-order valence-corrected chi connectivity index (χ2v) is 23.0. The Morgan fingerprint density at radius 2 is 0.296 bits per heavy atom. The fourth-order valence-corrected chi connectivity index (χ4v) is 9.84. The Morgan fingerprint density at radius 3 is 0.395 bits per heavy atom. The largest absolute Gasteiger partial charge is 4.00 e. The molecule has 0 amide bonds. The number of carbonyl (C=O) groups excluding carboxylic acids is 4. The first-order valence-electron chi connectivity index (χ1n) is 34.6. The number of allylic oxidation sites excluding steroid dienone is 4. The molecule has 0 aromatic rings. The quantitative estimate of drug-likeness (QED) is 0.0330. The number of carbonyl (C=O) groups is 4. The van der Waals surface area contributed by atoms with Gasteiger partial charge in [-0.25, -0.2) is 0 Å². The molecule has 0 fully saturated rings. The number of unbranched alkanes of at least 4 members (excludes halogenated alkanes) is 52. The number of hydrogen-bond acceptors (Lipinski definition) is 8. The monoisotopic (exact) mass is 1240 g/mol. The van der Waals surface area contributed by atoms with Crippen LogP contribution in [0.4, 0.5) is 0 Å². The van der Waals surface area contributed by atoms with Crippen LogP contribution in [0.15, 0.2) is 48.6 Å². The fraction of sp³-hybridized carbons (Fsp3) is 0.833. The van der Waals surface area contributed by atoms with Gasteiger partial charge in [0.05, 0.1) is 23.9 Å². The van der Waals surface area contributed by atoms with Crippen molar-refractivity contribution in [1.82, 2.24) is 0 Å². The molecule has 0 N–H and O–H groups in total. The molecule has 8 nitrogen and oxygen atoms in total. The van der Waals surface area contributed by atoms with Crippen LogP contribution in [0.3, 0.4) is 0 Å². The van der Waals surface area contributed by atoms with E-state index in [1.807, 2.05) is 0 Å². The first-order chi connectivity index (χ1) is 39.1. The van der Waals surface area contributed by atoms with Crippen molar-refractivity contribution >= 4 is 47.8 Å². The minimum atomic E-state index is -1.08. The maximum atomic E-state index is 10.1. The molecule has 0 bridgehead atoms. The van der Waals surface area contributed by atoms with Crippen molar-refractivity contribution in [1.29, 1.82) is 0 Å². The van der Waals surface area contributed by atoms with Crippen LogP contribution in [-0.2, 0) is 19.2 Å². The molecule has 0 aromatic carbocycles. The Balaban J connectivity index is -0.000000316. The van der Waals surface area contributed by atoms with Gasteiger partial charge in [-0.05, 0) is 75.7 Å². The first kappa shape index (κ1) is 87.4. The van der Waals surface area contributed by atoms with Crippen LogP contribution in [0.5, 0.6) is 0 Å². The molecule has 0 radical (unpaired) electrons. The zero-order chi connectivity index (χ0) is 59.6. The third-order valence-corrected chi connectivity index (χ3v) is 14.9. The smallest absolute Gasteiger partial charge is 0.545 e. The molecule has 0 aliphatic rings. The van der Waals surface area contributed by atoms with Gasteiger partial charge in [0.2, 0.25) is 0 Å². The van der Waals surface area contributed by atoms with Crippen LogP contribution >= 0.6 is 0 Å². The van der Waals surface area contributed by atoms with E-state index in [0.29, 0.717) is 0 Å². The summed E-state index contributed by atoms with van der Waals surface area (Å²) in [5.74, 6) is -4.33. The Bertz CT molecular complexity index is 1140. The molecule has 0 saturated heterocycles. The molecular formula is C72H132O8Sn. The molecule has 0 aliphatic carbocycles. The van der Waals surface area contributed by atoms with Crippen molar-refractivity contribution < 1.29 is 39.6 Å². The third kappa shape index (κ3) is 103. The first-order valence-corrected chi connectivity index (χ1v) is 34.6. The van der Waals surface area contributed by atoms with Gasteiger partial charge in [0, 0.05) is 0 Å². The summed E-state index contributed by atoms with van der Waals surface area (Å²) in [7, 11) is 0. The molecule has 0 rings (SSSR count). The summed E-state index contributed by atoms with van der Waals surface area (Å²) >= 11 is 0. The fourth-order valence-electron chi connectivity index (χ4n) is 9.84. The van der Waals surface area contributed by atoms with Gasteiger partial charge in [-0.2, -0.15) is 0 Å². The van der Waals surface area contributed by atoms with E-state index in [1.54, 1.807) is 24.3 Å². The predicted molar refractivity (Wildman–Crippen MR) is 344 cm³/mol. The molecule has 0 aliphatic heterocycles. The summed E-state index contributed by atoms with van der Waals surface area (Å²) in [6.45, 7) is 9.05. The summed E-state index contributed by atoms with van der Waals surface area (Å²) in [5, 5.41) is 40.5. The number of hydrogen-bond donors (Lipinski definition) is 0. The van der Waals surface area contributed by atoms with E-state index in [9.17, 15) is 39.6 Å². The van der Waals surface area contributed by atoms with Crippen LogP contribution in [-0.4, -0.2) is 47.8 Å². The van der Waals surface area contributed by atoms with Crippen molar-refractivity contribution in [3.05, 3.63) is 48.6 Å². The van der Waals surface area contributed by atoms with Crippen LogP contribution in [0.25, 0.3) is 0 Å². The van der Waals surface area contributed by atoms with Gasteiger partial charge in [-0.3, -0.25) is 0 Å². The number of rotatable bonds is 60. The zero-order valence-corrected chi connectivity index (χ0v) is 56.8. The van der Waals surface area contributed by atoms with Gasteiger partial charge < -0.3 is 39.6 Å². The average molecular weight is 1240 g/mol. The van der Waals surface area contributed by atoms with Gasteiger partial charge in [-0.1, -0.05) is 360 Å². The number of carboxylic acids is 4. The standard InChI is InChI=1S/4C18H34O2.Sn/c4*1-2-3-4-5-6-7-8-9-10-11-12-13-14-15-16-17-18(19)20;/h4*16-17H,2-15H2,1H3,(H,19,20);/q;;;;+4/p-4. The van der Waals surface area contributed by atoms with E-state index < -0.39 is 23.9 Å². The molecule has 0 unspecified atom stereocenters. The molecule has 9 heteroatoms. The molecule has 81 heavy (non-hydrogen) atoms. The topological polar surface area (TPSA) is 161 Å². The Morgan fingerprint density at radius 1 is 0.198 bits per heavy atom. The average Bonchev–Trinajstić information content (AvgIpc) is 3.43. The van der Waals surface area contributed by atoms with Gasteiger partial charge in [0.25, 0.3) is 0 Å². The Labute approximate surface area is 520 Å². The maximum Gasteiger partial charge on any atom is 4.00 e. The minimum Gasteiger partial charge on any atom is -0.545 e. The predicted octanol–water partition coefficient (Wildman–Crippen LogP) is 18.7. The van der Waals surface area contributed by atoms with E-state index in [2.05, 4.69) is 27.7 Å². The molecule has 0 spiro atoms. The van der Waals surface area contributed by atoms with E-state index in [-0.39, 0.29) is 23.9 Å². The summed E-state index contributed by atoms with van der Waals surface area (Å²) < 4.78 is 0. The van der Waals surface area contributed by atoms with Crippen LogP contribution in [0.1, 0.15) is 387 Å². The van der Waals surface area contributed by atoms with E-state index in [4.69, 9.17) is 0 Å². The van der Waals surface area contributed by atoms with Crippen molar-refractivity contribution in [3.8, 4) is 0 Å². The Kier molecular flexibility index (Phi) is 90.8. The number of aliphatic carboxylic acids is 4. The van der Waals surface area contributed by atoms with Crippen LogP contribution in [0, 0.1) is 0 Å². The summed E-state index contributed by atoms with van der Waals surface area (Å²) in [6.07, 6.45) is 84.9. The van der Waals surface area contributed by atoms with Gasteiger partial charge in [0.15, 0.2) is 0 Å². The molecule has 472 valence electrons. The van der Waals surface area contributed by atoms with Crippen LogP contribution in [0.2, 0.25) is 0 Å². The molecule has 0 atom stereocenters. The molecule has 0 aromatic heterocycles. The van der Waals surface area contributed by atoms with E-state index >= 15 is 0 Å². The number of carboxylic acid groups (broad SMARTS) is 4. The van der Waals surface area contributed by atoms with Gasteiger partial charge in [-0.15, -0.1) is 0 Å². The Hall–Kier alpha value is -2.36. The molecule has 0 heterocycles. The van der Waals surface area contributed by atoms with Crippen molar-refractivity contribution in [2.75, 3.05) is 0 Å². The van der Waals surface area contributed by atoms with Gasteiger partial charge >= 0.3 is 23.9 Å². The summed E-state index contributed by atoms with van der Waals surface area (Å²) in [5.41, 5.74) is 0. The second kappa shape index (κ2) is 84.1. The molecular weight excluding hydrogens is 1110 g/mol. The van der Waals surface area contributed by atoms with E-state index in [1.165, 1.54) is 308 Å².